The second-order valence-corrected chi connectivity index (χ2v) is 14.9. The molecular formula is C32H43N. The smallest absolute Gasteiger partial charge is 0.0427 e. The first-order valence-corrected chi connectivity index (χ1v) is 14.8. The van der Waals surface area contributed by atoms with E-state index in [9.17, 15) is 0 Å². The van der Waals surface area contributed by atoms with Gasteiger partial charge in [-0.05, 0) is 111 Å². The summed E-state index contributed by atoms with van der Waals surface area (Å²) in [5, 5.41) is 0. The first kappa shape index (κ1) is 19.4. The molecule has 9 rings (SSSR count). The molecule has 3 spiro atoms. The molecule has 1 saturated heterocycles. The number of hydrogen-bond acceptors (Lipinski definition) is 1. The molecule has 0 aromatic rings. The highest BCUT2D eigenvalue weighted by Gasteiger charge is 2.84. The van der Waals surface area contributed by atoms with Gasteiger partial charge < -0.3 is 0 Å². The molecule has 5 saturated carbocycles. The molecule has 0 aromatic heterocycles. The zero-order valence-electron chi connectivity index (χ0n) is 21.4. The molecule has 33 heavy (non-hydrogen) atoms. The van der Waals surface area contributed by atoms with Crippen molar-refractivity contribution in [1.29, 1.82) is 0 Å². The Morgan fingerprint density at radius 1 is 1.03 bits per heavy atom. The van der Waals surface area contributed by atoms with E-state index < -0.39 is 0 Å². The van der Waals surface area contributed by atoms with Crippen LogP contribution in [0.5, 0.6) is 0 Å². The van der Waals surface area contributed by atoms with Gasteiger partial charge in [-0.25, -0.2) is 0 Å². The Hall–Kier alpha value is -0.820. The minimum Gasteiger partial charge on any atom is -0.287 e. The largest absolute Gasteiger partial charge is 0.287 e. The van der Waals surface area contributed by atoms with Crippen LogP contribution in [0.4, 0.5) is 0 Å². The van der Waals surface area contributed by atoms with Crippen molar-refractivity contribution in [3.8, 4) is 0 Å². The summed E-state index contributed by atoms with van der Waals surface area (Å²) in [5.41, 5.74) is 12.2. The average molecular weight is 442 g/mol. The third-order valence-corrected chi connectivity index (χ3v) is 14.7. The van der Waals surface area contributed by atoms with Crippen LogP contribution in [0.2, 0.25) is 0 Å². The predicted octanol–water partition coefficient (Wildman–Crippen LogP) is 7.74. The van der Waals surface area contributed by atoms with Crippen LogP contribution in [-0.4, -0.2) is 23.0 Å². The van der Waals surface area contributed by atoms with Gasteiger partial charge in [0.2, 0.25) is 0 Å². The quantitative estimate of drug-likeness (QED) is 0.274. The third-order valence-electron chi connectivity index (χ3n) is 14.7. The summed E-state index contributed by atoms with van der Waals surface area (Å²) < 4.78 is 0. The van der Waals surface area contributed by atoms with Crippen molar-refractivity contribution in [2.75, 3.05) is 6.54 Å². The van der Waals surface area contributed by atoms with Crippen molar-refractivity contribution in [1.82, 2.24) is 4.90 Å². The van der Waals surface area contributed by atoms with Crippen molar-refractivity contribution >= 4 is 0 Å². The maximum Gasteiger partial charge on any atom is 0.0427 e. The summed E-state index contributed by atoms with van der Waals surface area (Å²) in [6.07, 6.45) is 23.4. The second kappa shape index (κ2) is 5.45. The van der Waals surface area contributed by atoms with E-state index in [4.69, 9.17) is 0 Å². The summed E-state index contributed by atoms with van der Waals surface area (Å²) >= 11 is 0. The topological polar surface area (TPSA) is 3.01 Å². The molecule has 0 aromatic carbocycles. The van der Waals surface area contributed by atoms with Gasteiger partial charge in [0, 0.05) is 29.0 Å². The minimum atomic E-state index is 0.465. The maximum atomic E-state index is 3.21. The van der Waals surface area contributed by atoms with Gasteiger partial charge in [0.05, 0.1) is 0 Å². The molecule has 7 aliphatic carbocycles. The third kappa shape index (κ3) is 1.69. The van der Waals surface area contributed by atoms with Gasteiger partial charge in [0.1, 0.15) is 0 Å². The zero-order chi connectivity index (χ0) is 22.0. The number of nitrogens with zero attached hydrogens (tertiary/aromatic N) is 1. The Morgan fingerprint density at radius 3 is 2.73 bits per heavy atom. The SMILES string of the molecule is CC1=C2C[C@@]34[C@@H]5C6=C(CC=C6C[C@]3(C)[C@]2(CC1)[C@H](C)CC41CCCC1)C[C@@H]1CCC[C@@]12CN52. The first-order chi connectivity index (χ1) is 15.9. The monoisotopic (exact) mass is 441 g/mol. The molecule has 9 aliphatic rings. The fourth-order valence-electron chi connectivity index (χ4n) is 13.7. The normalized spacial score (nSPS) is 56.4. The molecule has 1 nitrogen and oxygen atoms in total. The van der Waals surface area contributed by atoms with Gasteiger partial charge in [-0.15, -0.1) is 0 Å². The number of rotatable bonds is 0. The fourth-order valence-corrected chi connectivity index (χ4v) is 13.7. The molecule has 6 fully saturated rings. The number of hydrogen-bond donors (Lipinski definition) is 0. The van der Waals surface area contributed by atoms with Gasteiger partial charge in [-0.3, -0.25) is 4.90 Å². The Labute approximate surface area is 201 Å². The van der Waals surface area contributed by atoms with Crippen molar-refractivity contribution < 1.29 is 0 Å². The molecule has 2 heterocycles. The number of allylic oxidation sites excluding steroid dienone is 4. The Bertz CT molecular complexity index is 1100. The maximum absolute atomic E-state index is 3.21. The van der Waals surface area contributed by atoms with E-state index >= 15 is 0 Å². The van der Waals surface area contributed by atoms with Crippen LogP contribution in [0.15, 0.2) is 33.9 Å². The van der Waals surface area contributed by atoms with E-state index in [0.717, 1.165) is 17.9 Å². The lowest BCUT2D eigenvalue weighted by Crippen LogP contribution is -2.68. The summed E-state index contributed by atoms with van der Waals surface area (Å²) in [5.74, 6) is 1.85. The van der Waals surface area contributed by atoms with Crippen LogP contribution in [0.25, 0.3) is 0 Å². The zero-order valence-corrected chi connectivity index (χ0v) is 21.4. The highest BCUT2D eigenvalue weighted by molar-refractivity contribution is 5.59. The molecule has 8 atom stereocenters. The molecule has 0 radical (unpaired) electrons. The van der Waals surface area contributed by atoms with Gasteiger partial charge in [0.25, 0.3) is 0 Å². The molecule has 2 aliphatic heterocycles. The Balaban J connectivity index is 1.37. The van der Waals surface area contributed by atoms with Crippen LogP contribution in [0.3, 0.4) is 0 Å². The Morgan fingerprint density at radius 2 is 1.88 bits per heavy atom. The van der Waals surface area contributed by atoms with E-state index in [1.54, 1.807) is 6.42 Å². The molecular weight excluding hydrogens is 398 g/mol. The molecule has 0 amide bonds. The number of fused-ring (bicyclic) bond motifs is 1. The lowest BCUT2D eigenvalue weighted by Gasteiger charge is -2.71. The lowest BCUT2D eigenvalue weighted by molar-refractivity contribution is -0.200. The van der Waals surface area contributed by atoms with Crippen molar-refractivity contribution in [3.63, 3.8) is 0 Å². The van der Waals surface area contributed by atoms with Crippen LogP contribution < -0.4 is 0 Å². The van der Waals surface area contributed by atoms with Gasteiger partial charge in [0.15, 0.2) is 0 Å². The predicted molar refractivity (Wildman–Crippen MR) is 134 cm³/mol. The van der Waals surface area contributed by atoms with E-state index in [0.29, 0.717) is 27.2 Å². The minimum absolute atomic E-state index is 0.465. The van der Waals surface area contributed by atoms with E-state index in [-0.39, 0.29) is 0 Å². The van der Waals surface area contributed by atoms with E-state index in [1.165, 1.54) is 90.0 Å². The molecule has 1 heteroatoms. The van der Waals surface area contributed by atoms with Crippen molar-refractivity contribution in [2.45, 2.75) is 122 Å². The van der Waals surface area contributed by atoms with Gasteiger partial charge >= 0.3 is 0 Å². The summed E-state index contributed by atoms with van der Waals surface area (Å²) in [6, 6.07) is 0.761. The highest BCUT2D eigenvalue weighted by Crippen LogP contribution is 2.89. The standard InChI is InChI=1S/C32H43N/c1-20-10-14-31-21(2)16-29(11-4-5-12-29)32(18-25(20)31)27-26-22(8-9-23(26)17-28(31,32)3)15-24-7-6-13-30(24)19-33(27)30/h9,21,24,27H,4-8,10-19H2,1-3H3/t21-,24+,27+,28-,30-,31-,32-,33?/m1/s1. The molecule has 2 bridgehead atoms. The van der Waals surface area contributed by atoms with Crippen LogP contribution >= 0.6 is 0 Å². The summed E-state index contributed by atoms with van der Waals surface area (Å²) in [4.78, 5) is 3.21. The van der Waals surface area contributed by atoms with Gasteiger partial charge in [-0.1, -0.05) is 55.9 Å². The molecule has 1 unspecified atom stereocenters. The highest BCUT2D eigenvalue weighted by atomic mass is 15.4. The lowest BCUT2D eigenvalue weighted by atomic mass is 9.34. The molecule has 0 N–H and O–H groups in total. The molecule has 176 valence electrons. The van der Waals surface area contributed by atoms with Crippen molar-refractivity contribution in [3.05, 3.63) is 33.9 Å². The summed E-state index contributed by atoms with van der Waals surface area (Å²) in [7, 11) is 0. The fraction of sp³-hybridized carbons (Fsp3) is 0.812. The van der Waals surface area contributed by atoms with Crippen LogP contribution in [0, 0.1) is 33.5 Å². The van der Waals surface area contributed by atoms with E-state index in [1.807, 2.05) is 27.9 Å². The second-order valence-electron chi connectivity index (χ2n) is 14.9. The summed E-state index contributed by atoms with van der Waals surface area (Å²) in [6.45, 7) is 9.60. The first-order valence-electron chi connectivity index (χ1n) is 14.8. The van der Waals surface area contributed by atoms with Gasteiger partial charge in [-0.2, -0.15) is 0 Å². The average Bonchev–Trinajstić information content (AvgIpc) is 3.22. The Kier molecular flexibility index (Phi) is 3.20. The van der Waals surface area contributed by atoms with Crippen molar-refractivity contribution in [2.24, 2.45) is 33.5 Å². The van der Waals surface area contributed by atoms with E-state index in [2.05, 4.69) is 31.7 Å². The van der Waals surface area contributed by atoms with Crippen LogP contribution in [0.1, 0.15) is 111 Å². The van der Waals surface area contributed by atoms with Crippen LogP contribution in [-0.2, 0) is 0 Å².